The van der Waals surface area contributed by atoms with Gasteiger partial charge >= 0.3 is 0 Å². The molecule has 5 rings (SSSR count). The Morgan fingerprint density at radius 1 is 1.06 bits per heavy atom. The second kappa shape index (κ2) is 10.5. The summed E-state index contributed by atoms with van der Waals surface area (Å²) in [7, 11) is 0. The molecule has 1 atom stereocenters. The predicted octanol–water partition coefficient (Wildman–Crippen LogP) is 5.41. The Labute approximate surface area is 198 Å². The molecule has 0 radical (unpaired) electrons. The fourth-order valence-electron chi connectivity index (χ4n) is 4.09. The van der Waals surface area contributed by atoms with E-state index in [2.05, 4.69) is 52.9 Å². The molecular formula is C28H27N3O3. The zero-order valence-corrected chi connectivity index (χ0v) is 18.9. The zero-order valence-electron chi connectivity index (χ0n) is 18.9. The van der Waals surface area contributed by atoms with Crippen molar-refractivity contribution in [2.24, 2.45) is 0 Å². The lowest BCUT2D eigenvalue weighted by Gasteiger charge is -2.21. The number of imidazole rings is 1. The van der Waals surface area contributed by atoms with Crippen molar-refractivity contribution >= 4 is 23.0 Å². The first kappa shape index (κ1) is 22.1. The van der Waals surface area contributed by atoms with Crippen molar-refractivity contribution in [2.75, 3.05) is 6.61 Å². The van der Waals surface area contributed by atoms with E-state index in [0.29, 0.717) is 13.0 Å². The summed E-state index contributed by atoms with van der Waals surface area (Å²) in [5.74, 6) is 0.589. The predicted molar refractivity (Wildman–Crippen MR) is 133 cm³/mol. The van der Waals surface area contributed by atoms with Crippen molar-refractivity contribution in [3.8, 4) is 11.1 Å². The topological polar surface area (TPSA) is 76.2 Å². The number of aromatic nitrogens is 2. The normalized spacial score (nSPS) is 16.2. The molecule has 1 aliphatic heterocycles. The molecule has 1 fully saturated rings. The van der Waals surface area contributed by atoms with Gasteiger partial charge in [-0.05, 0) is 53.3 Å². The third-order valence-corrected chi connectivity index (χ3v) is 5.82. The van der Waals surface area contributed by atoms with Gasteiger partial charge in [0.05, 0.1) is 11.0 Å². The molecule has 1 amide bonds. The van der Waals surface area contributed by atoms with Gasteiger partial charge in [-0.15, -0.1) is 0 Å². The zero-order chi connectivity index (χ0) is 23.2. The first-order valence-electron chi connectivity index (χ1n) is 11.6. The highest BCUT2D eigenvalue weighted by Gasteiger charge is 2.15. The van der Waals surface area contributed by atoms with E-state index in [1.54, 1.807) is 6.08 Å². The second-order valence-electron chi connectivity index (χ2n) is 8.42. The Kier molecular flexibility index (Phi) is 6.79. The van der Waals surface area contributed by atoms with Crippen LogP contribution in [0.1, 0.15) is 36.2 Å². The van der Waals surface area contributed by atoms with Gasteiger partial charge in [0, 0.05) is 25.5 Å². The monoisotopic (exact) mass is 453 g/mol. The number of rotatable bonds is 7. The summed E-state index contributed by atoms with van der Waals surface area (Å²) in [6, 6.07) is 24.7. The maximum absolute atomic E-state index is 12.1. The molecule has 0 bridgehead atoms. The Bertz CT molecular complexity index is 1290. The van der Waals surface area contributed by atoms with Crippen LogP contribution < -0.4 is 5.48 Å². The van der Waals surface area contributed by atoms with Crippen LogP contribution in [-0.4, -0.2) is 28.8 Å². The number of fused-ring (bicyclic) bond motifs is 1. The van der Waals surface area contributed by atoms with Crippen molar-refractivity contribution in [2.45, 2.75) is 32.0 Å². The summed E-state index contributed by atoms with van der Waals surface area (Å²) in [5, 5.41) is 0. The van der Waals surface area contributed by atoms with Crippen LogP contribution >= 0.6 is 0 Å². The number of ether oxygens (including phenoxy) is 1. The number of hydroxylamine groups is 1. The maximum Gasteiger partial charge on any atom is 0.267 e. The number of aromatic amines is 1. The quantitative estimate of drug-likeness (QED) is 0.290. The molecule has 3 aromatic carbocycles. The van der Waals surface area contributed by atoms with Crippen molar-refractivity contribution in [1.82, 2.24) is 15.4 Å². The SMILES string of the molecule is O=C(C=Cc1cccc(Cc2nc3ccc(-c4ccccc4)cc3[nH]2)c1)NOC1CCCCO1. The van der Waals surface area contributed by atoms with E-state index in [-0.39, 0.29) is 12.2 Å². The van der Waals surface area contributed by atoms with Gasteiger partial charge in [-0.3, -0.25) is 4.79 Å². The van der Waals surface area contributed by atoms with Gasteiger partial charge in [0.1, 0.15) is 5.82 Å². The van der Waals surface area contributed by atoms with Crippen LogP contribution in [0.25, 0.3) is 28.2 Å². The van der Waals surface area contributed by atoms with Crippen LogP contribution in [0.2, 0.25) is 0 Å². The number of carbonyl (C=O) groups excluding carboxylic acids is 1. The van der Waals surface area contributed by atoms with E-state index in [0.717, 1.165) is 52.8 Å². The van der Waals surface area contributed by atoms with E-state index >= 15 is 0 Å². The second-order valence-corrected chi connectivity index (χ2v) is 8.42. The minimum Gasteiger partial charge on any atom is -0.350 e. The summed E-state index contributed by atoms with van der Waals surface area (Å²) in [4.78, 5) is 25.6. The van der Waals surface area contributed by atoms with Gasteiger partial charge in [0.25, 0.3) is 5.91 Å². The fraction of sp³-hybridized carbons (Fsp3) is 0.214. The van der Waals surface area contributed by atoms with Crippen LogP contribution in [0.3, 0.4) is 0 Å². The number of nitrogens with zero attached hydrogens (tertiary/aromatic N) is 1. The van der Waals surface area contributed by atoms with Gasteiger partial charge < -0.3 is 9.72 Å². The third kappa shape index (κ3) is 5.60. The van der Waals surface area contributed by atoms with Gasteiger partial charge in [-0.1, -0.05) is 60.7 Å². The molecular weight excluding hydrogens is 426 g/mol. The number of carbonyl (C=O) groups is 1. The number of hydrogen-bond donors (Lipinski definition) is 2. The molecule has 0 aliphatic carbocycles. The van der Waals surface area contributed by atoms with Gasteiger partial charge in [-0.2, -0.15) is 0 Å². The third-order valence-electron chi connectivity index (χ3n) is 5.82. The molecule has 34 heavy (non-hydrogen) atoms. The van der Waals surface area contributed by atoms with E-state index in [9.17, 15) is 4.79 Å². The molecule has 2 N–H and O–H groups in total. The summed E-state index contributed by atoms with van der Waals surface area (Å²) >= 11 is 0. The van der Waals surface area contributed by atoms with Crippen LogP contribution in [-0.2, 0) is 20.8 Å². The first-order valence-corrected chi connectivity index (χ1v) is 11.6. The Morgan fingerprint density at radius 3 is 2.82 bits per heavy atom. The van der Waals surface area contributed by atoms with E-state index in [4.69, 9.17) is 14.6 Å². The first-order chi connectivity index (χ1) is 16.7. The lowest BCUT2D eigenvalue weighted by Crippen LogP contribution is -2.32. The minimum absolute atomic E-state index is 0.314. The molecule has 4 aromatic rings. The Balaban J connectivity index is 1.22. The van der Waals surface area contributed by atoms with Crippen molar-refractivity contribution in [3.05, 3.63) is 95.8 Å². The van der Waals surface area contributed by atoms with Gasteiger partial charge in [0.15, 0.2) is 6.29 Å². The molecule has 2 heterocycles. The smallest absolute Gasteiger partial charge is 0.267 e. The van der Waals surface area contributed by atoms with E-state index in [1.807, 2.05) is 30.3 Å². The molecule has 6 nitrogen and oxygen atoms in total. The largest absolute Gasteiger partial charge is 0.350 e. The van der Waals surface area contributed by atoms with Crippen molar-refractivity contribution in [3.63, 3.8) is 0 Å². The molecule has 1 aliphatic rings. The Hall–Kier alpha value is -3.74. The van der Waals surface area contributed by atoms with Crippen LogP contribution in [0.15, 0.2) is 78.9 Å². The minimum atomic E-state index is -0.359. The Morgan fingerprint density at radius 2 is 1.97 bits per heavy atom. The van der Waals surface area contributed by atoms with E-state index < -0.39 is 0 Å². The summed E-state index contributed by atoms with van der Waals surface area (Å²) < 4.78 is 5.44. The van der Waals surface area contributed by atoms with Crippen LogP contribution in [0.4, 0.5) is 0 Å². The molecule has 0 saturated carbocycles. The van der Waals surface area contributed by atoms with Crippen LogP contribution in [0, 0.1) is 0 Å². The molecule has 6 heteroatoms. The average Bonchev–Trinajstić information content (AvgIpc) is 3.29. The number of hydrogen-bond acceptors (Lipinski definition) is 4. The summed E-state index contributed by atoms with van der Waals surface area (Å²) in [5.41, 5.74) is 8.79. The summed E-state index contributed by atoms with van der Waals surface area (Å²) in [6.07, 6.45) is 6.42. The molecule has 1 aromatic heterocycles. The van der Waals surface area contributed by atoms with Crippen molar-refractivity contribution in [1.29, 1.82) is 0 Å². The molecule has 1 saturated heterocycles. The average molecular weight is 454 g/mol. The molecule has 172 valence electrons. The fourth-order valence-corrected chi connectivity index (χ4v) is 4.09. The number of benzene rings is 3. The summed E-state index contributed by atoms with van der Waals surface area (Å²) in [6.45, 7) is 0.669. The lowest BCUT2D eigenvalue weighted by atomic mass is 10.1. The number of nitrogens with one attached hydrogen (secondary N) is 2. The highest BCUT2D eigenvalue weighted by atomic mass is 16.8. The van der Waals surface area contributed by atoms with Crippen LogP contribution in [0.5, 0.6) is 0 Å². The number of amides is 1. The molecule has 1 unspecified atom stereocenters. The maximum atomic E-state index is 12.1. The molecule has 0 spiro atoms. The lowest BCUT2D eigenvalue weighted by molar-refractivity contribution is -0.198. The van der Waals surface area contributed by atoms with Gasteiger partial charge in [0.2, 0.25) is 0 Å². The number of H-pyrrole nitrogens is 1. The standard InChI is InChI=1S/C28H27N3O3/c32-27(31-34-28-11-4-5-16-33-28)15-12-20-7-6-8-21(17-20)18-26-29-24-14-13-23(19-25(24)30-26)22-9-2-1-3-10-22/h1-3,6-10,12-15,17,19,28H,4-5,11,16,18H2,(H,29,30)(H,31,32). The highest BCUT2D eigenvalue weighted by Crippen LogP contribution is 2.24. The van der Waals surface area contributed by atoms with Gasteiger partial charge in [-0.25, -0.2) is 15.3 Å². The van der Waals surface area contributed by atoms with Crippen molar-refractivity contribution < 1.29 is 14.4 Å². The van der Waals surface area contributed by atoms with E-state index in [1.165, 1.54) is 11.6 Å². The highest BCUT2D eigenvalue weighted by molar-refractivity contribution is 5.91.